The first-order valence-electron chi connectivity index (χ1n) is 5.62. The van der Waals surface area contributed by atoms with Crippen molar-refractivity contribution < 1.29 is 9.47 Å². The van der Waals surface area contributed by atoms with Gasteiger partial charge in [0.2, 0.25) is 0 Å². The molecule has 0 saturated heterocycles. The summed E-state index contributed by atoms with van der Waals surface area (Å²) in [5.41, 5.74) is 6.24. The zero-order valence-corrected chi connectivity index (χ0v) is 10.6. The van der Waals surface area contributed by atoms with Gasteiger partial charge < -0.3 is 15.2 Å². The zero-order chi connectivity index (χ0) is 12.8. The highest BCUT2D eigenvalue weighted by Crippen LogP contribution is 2.28. The van der Waals surface area contributed by atoms with Crippen molar-refractivity contribution >= 4 is 17.3 Å². The molecule has 0 aromatic heterocycles. The second-order valence-corrected chi connectivity index (χ2v) is 4.07. The summed E-state index contributed by atoms with van der Waals surface area (Å²) in [6.07, 6.45) is 0. The summed E-state index contributed by atoms with van der Waals surface area (Å²) in [5.74, 6) is 1.40. The summed E-state index contributed by atoms with van der Waals surface area (Å²) in [6, 6.07) is 14.9. The van der Waals surface area contributed by atoms with Crippen LogP contribution in [0.5, 0.6) is 11.5 Å². The van der Waals surface area contributed by atoms with E-state index in [1.54, 1.807) is 18.2 Å². The normalized spacial score (nSPS) is 10.1. The molecule has 2 aromatic carbocycles. The first-order chi connectivity index (χ1) is 8.77. The molecule has 0 atom stereocenters. The highest BCUT2D eigenvalue weighted by molar-refractivity contribution is 6.33. The quantitative estimate of drug-likeness (QED) is 0.664. The highest BCUT2D eigenvalue weighted by atomic mass is 35.5. The maximum atomic E-state index is 5.89. The third-order valence-corrected chi connectivity index (χ3v) is 2.70. The highest BCUT2D eigenvalue weighted by Gasteiger charge is 2.03. The van der Waals surface area contributed by atoms with Gasteiger partial charge in [-0.2, -0.15) is 0 Å². The van der Waals surface area contributed by atoms with Crippen LogP contribution in [-0.2, 0) is 0 Å². The fourth-order valence-electron chi connectivity index (χ4n) is 1.47. The number of nitrogens with two attached hydrogens (primary N) is 1. The van der Waals surface area contributed by atoms with Gasteiger partial charge in [-0.1, -0.05) is 35.9 Å². The van der Waals surface area contributed by atoms with E-state index in [9.17, 15) is 0 Å². The van der Waals surface area contributed by atoms with Gasteiger partial charge in [-0.25, -0.2) is 0 Å². The fraction of sp³-hybridized carbons (Fsp3) is 0.143. The Morgan fingerprint density at radius 3 is 2.39 bits per heavy atom. The minimum atomic E-state index is 0.416. The maximum Gasteiger partial charge on any atom is 0.143 e. The molecule has 0 fully saturated rings. The van der Waals surface area contributed by atoms with E-state index in [0.29, 0.717) is 29.7 Å². The summed E-state index contributed by atoms with van der Waals surface area (Å²) in [7, 11) is 0. The van der Waals surface area contributed by atoms with E-state index in [1.807, 2.05) is 30.3 Å². The fourth-order valence-corrected chi connectivity index (χ4v) is 1.64. The van der Waals surface area contributed by atoms with E-state index in [4.69, 9.17) is 26.8 Å². The predicted molar refractivity (Wildman–Crippen MR) is 73.3 cm³/mol. The number of benzene rings is 2. The van der Waals surface area contributed by atoms with Gasteiger partial charge in [0.25, 0.3) is 0 Å². The van der Waals surface area contributed by atoms with Gasteiger partial charge in [-0.05, 0) is 24.3 Å². The molecule has 0 aliphatic rings. The van der Waals surface area contributed by atoms with Gasteiger partial charge in [0.15, 0.2) is 0 Å². The Kier molecular flexibility index (Phi) is 4.31. The van der Waals surface area contributed by atoms with Crippen LogP contribution in [0.1, 0.15) is 0 Å². The van der Waals surface area contributed by atoms with Gasteiger partial charge in [0.05, 0.1) is 10.7 Å². The van der Waals surface area contributed by atoms with E-state index in [-0.39, 0.29) is 0 Å². The van der Waals surface area contributed by atoms with Crippen LogP contribution >= 0.6 is 11.6 Å². The largest absolute Gasteiger partial charge is 0.490 e. The molecule has 0 heterocycles. The molecule has 18 heavy (non-hydrogen) atoms. The van der Waals surface area contributed by atoms with Crippen LogP contribution in [0.2, 0.25) is 5.02 Å². The number of hydrogen-bond donors (Lipinski definition) is 1. The standard InChI is InChI=1S/C14H14ClNO2/c15-12-7-4-8-13(14(12)16)18-10-9-17-11-5-2-1-3-6-11/h1-8H,9-10,16H2. The van der Waals surface area contributed by atoms with E-state index in [0.717, 1.165) is 5.75 Å². The zero-order valence-electron chi connectivity index (χ0n) is 9.80. The monoisotopic (exact) mass is 263 g/mol. The number of rotatable bonds is 5. The summed E-state index contributed by atoms with van der Waals surface area (Å²) < 4.78 is 11.0. The van der Waals surface area contributed by atoms with Crippen LogP contribution in [0.4, 0.5) is 5.69 Å². The van der Waals surface area contributed by atoms with Crippen LogP contribution in [0, 0.1) is 0 Å². The average molecular weight is 264 g/mol. The lowest BCUT2D eigenvalue weighted by molar-refractivity contribution is 0.218. The van der Waals surface area contributed by atoms with Gasteiger partial charge >= 0.3 is 0 Å². The number of anilines is 1. The third kappa shape index (κ3) is 3.31. The Labute approximate surface area is 111 Å². The minimum absolute atomic E-state index is 0.416. The lowest BCUT2D eigenvalue weighted by Gasteiger charge is -2.10. The van der Waals surface area contributed by atoms with Crippen LogP contribution in [-0.4, -0.2) is 13.2 Å². The number of halogens is 1. The number of para-hydroxylation sites is 2. The Bertz CT molecular complexity index is 502. The molecule has 2 N–H and O–H groups in total. The van der Waals surface area contributed by atoms with Gasteiger partial charge in [0.1, 0.15) is 24.7 Å². The molecule has 0 bridgehead atoms. The summed E-state index contributed by atoms with van der Waals surface area (Å²) >= 11 is 5.89. The molecule has 0 spiro atoms. The second kappa shape index (κ2) is 6.17. The molecular weight excluding hydrogens is 250 g/mol. The van der Waals surface area contributed by atoms with Crippen molar-refractivity contribution in [1.29, 1.82) is 0 Å². The van der Waals surface area contributed by atoms with E-state index >= 15 is 0 Å². The molecule has 0 radical (unpaired) electrons. The van der Waals surface area contributed by atoms with E-state index in [1.165, 1.54) is 0 Å². The Hall–Kier alpha value is -1.87. The molecule has 0 amide bonds. The maximum absolute atomic E-state index is 5.89. The van der Waals surface area contributed by atoms with Crippen molar-refractivity contribution in [3.8, 4) is 11.5 Å². The van der Waals surface area contributed by atoms with Crippen molar-refractivity contribution in [3.63, 3.8) is 0 Å². The summed E-state index contributed by atoms with van der Waals surface area (Å²) in [4.78, 5) is 0. The molecule has 0 unspecified atom stereocenters. The van der Waals surface area contributed by atoms with Gasteiger partial charge in [-0.15, -0.1) is 0 Å². The van der Waals surface area contributed by atoms with Crippen molar-refractivity contribution in [3.05, 3.63) is 53.6 Å². The number of ether oxygens (including phenoxy) is 2. The van der Waals surface area contributed by atoms with E-state index in [2.05, 4.69) is 0 Å². The van der Waals surface area contributed by atoms with E-state index < -0.39 is 0 Å². The molecule has 94 valence electrons. The van der Waals surface area contributed by atoms with Gasteiger partial charge in [-0.3, -0.25) is 0 Å². The van der Waals surface area contributed by atoms with Crippen LogP contribution in [0.15, 0.2) is 48.5 Å². The first kappa shape index (κ1) is 12.6. The molecule has 4 heteroatoms. The van der Waals surface area contributed by atoms with Crippen LogP contribution < -0.4 is 15.2 Å². The molecule has 2 aromatic rings. The number of nitrogen functional groups attached to an aromatic ring is 1. The first-order valence-corrected chi connectivity index (χ1v) is 6.00. The average Bonchev–Trinajstić information content (AvgIpc) is 2.40. The van der Waals surface area contributed by atoms with Crippen molar-refractivity contribution in [1.82, 2.24) is 0 Å². The smallest absolute Gasteiger partial charge is 0.143 e. The lowest BCUT2D eigenvalue weighted by Crippen LogP contribution is -2.09. The number of hydrogen-bond acceptors (Lipinski definition) is 3. The summed E-state index contributed by atoms with van der Waals surface area (Å²) in [6.45, 7) is 0.870. The lowest BCUT2D eigenvalue weighted by atomic mass is 10.3. The molecule has 3 nitrogen and oxygen atoms in total. The van der Waals surface area contributed by atoms with Crippen LogP contribution in [0.3, 0.4) is 0 Å². The third-order valence-electron chi connectivity index (χ3n) is 2.37. The topological polar surface area (TPSA) is 44.5 Å². The second-order valence-electron chi connectivity index (χ2n) is 3.66. The van der Waals surface area contributed by atoms with Crippen molar-refractivity contribution in [2.24, 2.45) is 0 Å². The van der Waals surface area contributed by atoms with Crippen molar-refractivity contribution in [2.75, 3.05) is 18.9 Å². The molecule has 2 rings (SSSR count). The molecular formula is C14H14ClNO2. The van der Waals surface area contributed by atoms with Crippen molar-refractivity contribution in [2.45, 2.75) is 0 Å². The van der Waals surface area contributed by atoms with Crippen LogP contribution in [0.25, 0.3) is 0 Å². The Morgan fingerprint density at radius 2 is 1.61 bits per heavy atom. The Morgan fingerprint density at radius 1 is 0.889 bits per heavy atom. The molecule has 0 aliphatic carbocycles. The summed E-state index contributed by atoms with van der Waals surface area (Å²) in [5, 5.41) is 0.497. The Balaban J connectivity index is 1.81. The molecule has 0 saturated carbocycles. The predicted octanol–water partition coefficient (Wildman–Crippen LogP) is 3.38. The van der Waals surface area contributed by atoms with Gasteiger partial charge in [0, 0.05) is 0 Å². The minimum Gasteiger partial charge on any atom is -0.490 e. The molecule has 0 aliphatic heterocycles. The SMILES string of the molecule is Nc1c(Cl)cccc1OCCOc1ccccc1.